The van der Waals surface area contributed by atoms with Gasteiger partial charge < -0.3 is 5.32 Å². The molecule has 0 aliphatic heterocycles. The summed E-state index contributed by atoms with van der Waals surface area (Å²) >= 11 is 3.62. The number of halogens is 1. The van der Waals surface area contributed by atoms with Gasteiger partial charge in [-0.1, -0.05) is 35.0 Å². The maximum Gasteiger partial charge on any atom is 0.0351 e. The van der Waals surface area contributed by atoms with Crippen molar-refractivity contribution in [1.29, 1.82) is 0 Å². The summed E-state index contributed by atoms with van der Waals surface area (Å²) in [5, 5.41) is 3.69. The van der Waals surface area contributed by atoms with Crippen LogP contribution in [0.5, 0.6) is 0 Å². The van der Waals surface area contributed by atoms with Gasteiger partial charge in [0.1, 0.15) is 0 Å². The molecule has 2 heteroatoms. The average molecular weight is 282 g/mol. The largest absolute Gasteiger partial charge is 0.310 e. The zero-order chi connectivity index (χ0) is 11.5. The number of hydrogen-bond acceptors (Lipinski definition) is 1. The van der Waals surface area contributed by atoms with Gasteiger partial charge in [-0.3, -0.25) is 0 Å². The van der Waals surface area contributed by atoms with Crippen LogP contribution in [-0.2, 0) is 0 Å². The average Bonchev–Trinajstić information content (AvgIpc) is 3.08. The molecule has 0 bridgehead atoms. The van der Waals surface area contributed by atoms with Crippen LogP contribution in [0.4, 0.5) is 0 Å². The Morgan fingerprint density at radius 2 is 2.19 bits per heavy atom. The molecule has 0 saturated heterocycles. The minimum atomic E-state index is 0.567. The Kier molecular flexibility index (Phi) is 4.04. The van der Waals surface area contributed by atoms with Crippen molar-refractivity contribution in [2.45, 2.75) is 39.2 Å². The smallest absolute Gasteiger partial charge is 0.0351 e. The van der Waals surface area contributed by atoms with Crippen LogP contribution in [-0.4, -0.2) is 6.54 Å². The maximum atomic E-state index is 3.69. The molecule has 0 aromatic heterocycles. The minimum absolute atomic E-state index is 0.567. The van der Waals surface area contributed by atoms with Gasteiger partial charge in [-0.25, -0.2) is 0 Å². The van der Waals surface area contributed by atoms with E-state index in [1.54, 1.807) is 0 Å². The molecule has 2 rings (SSSR count). The summed E-state index contributed by atoms with van der Waals surface area (Å²) < 4.78 is 1.23. The van der Waals surface area contributed by atoms with Gasteiger partial charge in [0.2, 0.25) is 0 Å². The van der Waals surface area contributed by atoms with E-state index in [1.165, 1.54) is 34.9 Å². The Labute approximate surface area is 107 Å². The Hall–Kier alpha value is -0.340. The van der Waals surface area contributed by atoms with Crippen molar-refractivity contribution >= 4 is 15.9 Å². The van der Waals surface area contributed by atoms with E-state index in [9.17, 15) is 0 Å². The SMILES string of the molecule is CCCNC(c1cccc(Br)c1C)C1CC1. The molecule has 0 radical (unpaired) electrons. The van der Waals surface area contributed by atoms with Gasteiger partial charge in [0.05, 0.1) is 0 Å². The van der Waals surface area contributed by atoms with E-state index in [0.717, 1.165) is 12.5 Å². The van der Waals surface area contributed by atoms with Crippen molar-refractivity contribution in [3.05, 3.63) is 33.8 Å². The van der Waals surface area contributed by atoms with Gasteiger partial charge in [-0.15, -0.1) is 0 Å². The van der Waals surface area contributed by atoms with Crippen molar-refractivity contribution in [2.75, 3.05) is 6.54 Å². The molecular formula is C14H20BrN. The van der Waals surface area contributed by atoms with E-state index in [1.807, 2.05) is 0 Å². The van der Waals surface area contributed by atoms with Crippen molar-refractivity contribution in [1.82, 2.24) is 5.32 Å². The molecule has 1 nitrogen and oxygen atoms in total. The summed E-state index contributed by atoms with van der Waals surface area (Å²) in [6.07, 6.45) is 3.97. The Bertz CT molecular complexity index is 358. The second-order valence-corrected chi connectivity index (χ2v) is 5.58. The van der Waals surface area contributed by atoms with E-state index in [-0.39, 0.29) is 0 Å². The molecular weight excluding hydrogens is 262 g/mol. The van der Waals surface area contributed by atoms with Gasteiger partial charge in [0, 0.05) is 10.5 Å². The zero-order valence-corrected chi connectivity index (χ0v) is 11.7. The lowest BCUT2D eigenvalue weighted by Gasteiger charge is -2.21. The van der Waals surface area contributed by atoms with Gasteiger partial charge >= 0.3 is 0 Å². The minimum Gasteiger partial charge on any atom is -0.310 e. The standard InChI is InChI=1S/C14H20BrN/c1-3-9-16-14(11-7-8-11)12-5-4-6-13(15)10(12)2/h4-6,11,14,16H,3,7-9H2,1-2H3. The summed E-state index contributed by atoms with van der Waals surface area (Å²) in [6.45, 7) is 5.56. The summed E-state index contributed by atoms with van der Waals surface area (Å²) in [4.78, 5) is 0. The topological polar surface area (TPSA) is 12.0 Å². The number of hydrogen-bond donors (Lipinski definition) is 1. The first kappa shape index (κ1) is 12.1. The van der Waals surface area contributed by atoms with Crippen LogP contribution >= 0.6 is 15.9 Å². The monoisotopic (exact) mass is 281 g/mol. The number of nitrogens with one attached hydrogen (secondary N) is 1. The molecule has 0 heterocycles. The van der Waals surface area contributed by atoms with Gasteiger partial charge in [0.25, 0.3) is 0 Å². The molecule has 1 N–H and O–H groups in total. The second kappa shape index (κ2) is 5.33. The zero-order valence-electron chi connectivity index (χ0n) is 10.1. The highest BCUT2D eigenvalue weighted by atomic mass is 79.9. The Morgan fingerprint density at radius 3 is 2.81 bits per heavy atom. The normalized spacial score (nSPS) is 17.4. The van der Waals surface area contributed by atoms with Crippen LogP contribution in [0, 0.1) is 12.8 Å². The highest BCUT2D eigenvalue weighted by Crippen LogP contribution is 2.42. The molecule has 0 amide bonds. The molecule has 1 aromatic carbocycles. The fourth-order valence-electron chi connectivity index (χ4n) is 2.22. The molecule has 1 aliphatic carbocycles. The number of benzene rings is 1. The van der Waals surface area contributed by atoms with Crippen LogP contribution < -0.4 is 5.32 Å². The lowest BCUT2D eigenvalue weighted by atomic mass is 9.97. The third kappa shape index (κ3) is 2.67. The summed E-state index contributed by atoms with van der Waals surface area (Å²) in [6, 6.07) is 7.11. The summed E-state index contributed by atoms with van der Waals surface area (Å²) in [7, 11) is 0. The van der Waals surface area contributed by atoms with Crippen molar-refractivity contribution in [2.24, 2.45) is 5.92 Å². The van der Waals surface area contributed by atoms with E-state index < -0.39 is 0 Å². The Balaban J connectivity index is 2.20. The fraction of sp³-hybridized carbons (Fsp3) is 0.571. The van der Waals surface area contributed by atoms with Crippen molar-refractivity contribution in [3.8, 4) is 0 Å². The molecule has 0 spiro atoms. The lowest BCUT2D eigenvalue weighted by Crippen LogP contribution is -2.24. The van der Waals surface area contributed by atoms with E-state index in [2.05, 4.69) is 53.3 Å². The molecule has 1 unspecified atom stereocenters. The lowest BCUT2D eigenvalue weighted by molar-refractivity contribution is 0.479. The number of rotatable bonds is 5. The predicted molar refractivity (Wildman–Crippen MR) is 72.6 cm³/mol. The molecule has 1 aliphatic rings. The predicted octanol–water partition coefficient (Wildman–Crippen LogP) is 4.21. The van der Waals surface area contributed by atoms with E-state index >= 15 is 0 Å². The summed E-state index contributed by atoms with van der Waals surface area (Å²) in [5.74, 6) is 0.861. The fourth-order valence-corrected chi connectivity index (χ4v) is 2.60. The van der Waals surface area contributed by atoms with Crippen LogP contribution in [0.1, 0.15) is 43.4 Å². The van der Waals surface area contributed by atoms with Crippen molar-refractivity contribution in [3.63, 3.8) is 0 Å². The van der Waals surface area contributed by atoms with Crippen LogP contribution in [0.3, 0.4) is 0 Å². The van der Waals surface area contributed by atoms with Gasteiger partial charge in [-0.2, -0.15) is 0 Å². The van der Waals surface area contributed by atoms with Crippen molar-refractivity contribution < 1.29 is 0 Å². The van der Waals surface area contributed by atoms with Gasteiger partial charge in [-0.05, 0) is 55.8 Å². The quantitative estimate of drug-likeness (QED) is 0.853. The molecule has 1 aromatic rings. The first-order chi connectivity index (χ1) is 7.74. The Morgan fingerprint density at radius 1 is 1.44 bits per heavy atom. The maximum absolute atomic E-state index is 3.69. The first-order valence-corrected chi connectivity index (χ1v) is 7.01. The molecule has 88 valence electrons. The van der Waals surface area contributed by atoms with Crippen LogP contribution in [0.15, 0.2) is 22.7 Å². The van der Waals surface area contributed by atoms with E-state index in [0.29, 0.717) is 6.04 Å². The molecule has 1 saturated carbocycles. The van der Waals surface area contributed by atoms with Gasteiger partial charge in [0.15, 0.2) is 0 Å². The highest BCUT2D eigenvalue weighted by Gasteiger charge is 2.32. The van der Waals surface area contributed by atoms with Crippen LogP contribution in [0.2, 0.25) is 0 Å². The highest BCUT2D eigenvalue weighted by molar-refractivity contribution is 9.10. The first-order valence-electron chi connectivity index (χ1n) is 6.22. The molecule has 16 heavy (non-hydrogen) atoms. The second-order valence-electron chi connectivity index (χ2n) is 4.72. The molecule has 1 atom stereocenters. The van der Waals surface area contributed by atoms with Crippen LogP contribution in [0.25, 0.3) is 0 Å². The van der Waals surface area contributed by atoms with E-state index in [4.69, 9.17) is 0 Å². The third-order valence-electron chi connectivity index (χ3n) is 3.35. The third-order valence-corrected chi connectivity index (χ3v) is 4.21. The summed E-state index contributed by atoms with van der Waals surface area (Å²) in [5.41, 5.74) is 2.87. The molecule has 1 fully saturated rings.